The maximum atomic E-state index is 5.76. The van der Waals surface area contributed by atoms with Gasteiger partial charge < -0.3 is 0 Å². The second kappa shape index (κ2) is 5.64. The monoisotopic (exact) mass is 262 g/mol. The Morgan fingerprint density at radius 2 is 1.94 bits per heavy atom. The number of hydrazine groups is 1. The van der Waals surface area contributed by atoms with Gasteiger partial charge in [0.05, 0.1) is 0 Å². The third-order valence-electron chi connectivity index (χ3n) is 4.49. The van der Waals surface area contributed by atoms with Crippen molar-refractivity contribution in [3.05, 3.63) is 35.4 Å². The van der Waals surface area contributed by atoms with E-state index in [1.807, 2.05) is 11.8 Å². The molecule has 0 amide bonds. The second-order valence-corrected chi connectivity index (χ2v) is 6.71. The molecule has 2 nitrogen and oxygen atoms in total. The van der Waals surface area contributed by atoms with Crippen molar-refractivity contribution in [3.63, 3.8) is 0 Å². The van der Waals surface area contributed by atoms with Crippen molar-refractivity contribution >= 4 is 11.8 Å². The summed E-state index contributed by atoms with van der Waals surface area (Å²) in [5, 5.41) is 0. The van der Waals surface area contributed by atoms with Crippen molar-refractivity contribution in [2.45, 2.75) is 37.6 Å². The molecule has 1 heterocycles. The molecule has 0 aromatic heterocycles. The number of nitrogens with two attached hydrogens (primary N) is 1. The summed E-state index contributed by atoms with van der Waals surface area (Å²) in [5.41, 5.74) is 5.89. The Morgan fingerprint density at radius 3 is 2.44 bits per heavy atom. The van der Waals surface area contributed by atoms with Gasteiger partial charge in [-0.05, 0) is 53.7 Å². The zero-order chi connectivity index (χ0) is 12.4. The molecule has 1 aliphatic carbocycles. The highest BCUT2D eigenvalue weighted by molar-refractivity contribution is 7.99. The Bertz CT molecular complexity index is 380. The molecule has 0 radical (unpaired) electrons. The van der Waals surface area contributed by atoms with Crippen molar-refractivity contribution in [2.24, 2.45) is 11.8 Å². The van der Waals surface area contributed by atoms with Crippen molar-refractivity contribution < 1.29 is 0 Å². The second-order valence-electron chi connectivity index (χ2n) is 5.56. The van der Waals surface area contributed by atoms with E-state index in [0.29, 0.717) is 12.0 Å². The van der Waals surface area contributed by atoms with Gasteiger partial charge in [-0.15, -0.1) is 0 Å². The Labute approximate surface area is 114 Å². The van der Waals surface area contributed by atoms with E-state index in [1.165, 1.54) is 48.3 Å². The van der Waals surface area contributed by atoms with Crippen LogP contribution in [0.25, 0.3) is 0 Å². The van der Waals surface area contributed by atoms with E-state index in [0.717, 1.165) is 5.92 Å². The first-order chi connectivity index (χ1) is 8.88. The van der Waals surface area contributed by atoms with Gasteiger partial charge in [-0.3, -0.25) is 11.3 Å². The molecule has 2 aliphatic rings. The van der Waals surface area contributed by atoms with Crippen molar-refractivity contribution in [1.29, 1.82) is 0 Å². The lowest BCUT2D eigenvalue weighted by Crippen LogP contribution is -2.33. The highest BCUT2D eigenvalue weighted by Gasteiger charge is 2.26. The zero-order valence-corrected chi connectivity index (χ0v) is 11.6. The Hall–Kier alpha value is -0.510. The molecule has 0 spiro atoms. The van der Waals surface area contributed by atoms with E-state index >= 15 is 0 Å². The Morgan fingerprint density at radius 1 is 1.17 bits per heavy atom. The van der Waals surface area contributed by atoms with Crippen molar-refractivity contribution in [1.82, 2.24) is 5.43 Å². The standard InChI is InChI=1S/C15H22N2S/c16-17-15(14-8-9-18-10-14)13-6-4-12(5-7-13)11-2-1-3-11/h4-7,11,14-15,17H,1-3,8-10,16H2. The molecule has 1 aliphatic heterocycles. The van der Waals surface area contributed by atoms with Crippen molar-refractivity contribution in [2.75, 3.05) is 11.5 Å². The van der Waals surface area contributed by atoms with Crippen LogP contribution in [-0.4, -0.2) is 11.5 Å². The molecule has 3 heteroatoms. The average molecular weight is 262 g/mol. The van der Waals surface area contributed by atoms with E-state index in [-0.39, 0.29) is 0 Å². The molecular weight excluding hydrogens is 240 g/mol. The van der Waals surface area contributed by atoms with Crippen LogP contribution >= 0.6 is 11.8 Å². The minimum atomic E-state index is 0.329. The molecule has 2 fully saturated rings. The third-order valence-corrected chi connectivity index (χ3v) is 5.68. The van der Waals surface area contributed by atoms with Gasteiger partial charge in [0.25, 0.3) is 0 Å². The van der Waals surface area contributed by atoms with Crippen LogP contribution in [0.5, 0.6) is 0 Å². The van der Waals surface area contributed by atoms with E-state index in [1.54, 1.807) is 0 Å². The number of thioether (sulfide) groups is 1. The first-order valence-electron chi connectivity index (χ1n) is 7.02. The molecule has 1 saturated heterocycles. The molecule has 1 aromatic rings. The Balaban J connectivity index is 1.73. The summed E-state index contributed by atoms with van der Waals surface area (Å²) in [4.78, 5) is 0. The molecule has 98 valence electrons. The molecule has 3 rings (SSSR count). The number of benzene rings is 1. The van der Waals surface area contributed by atoms with Crippen LogP contribution in [-0.2, 0) is 0 Å². The topological polar surface area (TPSA) is 38.0 Å². The Kier molecular flexibility index (Phi) is 3.92. The smallest absolute Gasteiger partial charge is 0.0496 e. The summed E-state index contributed by atoms with van der Waals surface area (Å²) in [6, 6.07) is 9.51. The molecule has 3 N–H and O–H groups in total. The highest BCUT2D eigenvalue weighted by atomic mass is 32.2. The van der Waals surface area contributed by atoms with Crippen LogP contribution in [0.2, 0.25) is 0 Å². The molecular formula is C15H22N2S. The number of rotatable bonds is 4. The van der Waals surface area contributed by atoms with Gasteiger partial charge in [0.15, 0.2) is 0 Å². The van der Waals surface area contributed by atoms with Gasteiger partial charge >= 0.3 is 0 Å². The molecule has 1 saturated carbocycles. The SMILES string of the molecule is NNC(c1ccc(C2CCC2)cc1)C1CCSC1. The lowest BCUT2D eigenvalue weighted by Gasteiger charge is -2.27. The van der Waals surface area contributed by atoms with Gasteiger partial charge in [0, 0.05) is 6.04 Å². The maximum Gasteiger partial charge on any atom is 0.0496 e. The van der Waals surface area contributed by atoms with Crippen LogP contribution in [0.1, 0.15) is 48.8 Å². The summed E-state index contributed by atoms with van der Waals surface area (Å²) < 4.78 is 0. The summed E-state index contributed by atoms with van der Waals surface area (Å²) in [7, 11) is 0. The molecule has 2 atom stereocenters. The predicted octanol–water partition coefficient (Wildman–Crippen LogP) is 3.21. The van der Waals surface area contributed by atoms with Crippen LogP contribution < -0.4 is 11.3 Å². The fourth-order valence-corrected chi connectivity index (χ4v) is 4.34. The quantitative estimate of drug-likeness (QED) is 0.646. The molecule has 1 aromatic carbocycles. The fourth-order valence-electron chi connectivity index (χ4n) is 3.04. The van der Waals surface area contributed by atoms with E-state index in [9.17, 15) is 0 Å². The summed E-state index contributed by atoms with van der Waals surface area (Å²) in [5.74, 6) is 9.79. The van der Waals surface area contributed by atoms with Crippen molar-refractivity contribution in [3.8, 4) is 0 Å². The minimum absolute atomic E-state index is 0.329. The number of hydrogen-bond donors (Lipinski definition) is 2. The van der Waals surface area contributed by atoms with E-state index in [4.69, 9.17) is 5.84 Å². The summed E-state index contributed by atoms with van der Waals surface area (Å²) in [6.07, 6.45) is 5.43. The van der Waals surface area contributed by atoms with Crippen LogP contribution in [0.4, 0.5) is 0 Å². The zero-order valence-electron chi connectivity index (χ0n) is 10.8. The largest absolute Gasteiger partial charge is 0.271 e. The average Bonchev–Trinajstić information content (AvgIpc) is 2.84. The molecule has 0 bridgehead atoms. The normalized spacial score (nSPS) is 25.9. The first kappa shape index (κ1) is 12.5. The van der Waals surface area contributed by atoms with Gasteiger partial charge in [0.1, 0.15) is 0 Å². The first-order valence-corrected chi connectivity index (χ1v) is 8.17. The highest BCUT2D eigenvalue weighted by Crippen LogP contribution is 2.38. The van der Waals surface area contributed by atoms with Gasteiger partial charge in [-0.2, -0.15) is 11.8 Å². The third kappa shape index (κ3) is 2.44. The van der Waals surface area contributed by atoms with Crippen LogP contribution in [0, 0.1) is 5.92 Å². The van der Waals surface area contributed by atoms with Crippen LogP contribution in [0.3, 0.4) is 0 Å². The van der Waals surface area contributed by atoms with E-state index < -0.39 is 0 Å². The summed E-state index contributed by atoms with van der Waals surface area (Å²) in [6.45, 7) is 0. The lowest BCUT2D eigenvalue weighted by atomic mass is 9.79. The van der Waals surface area contributed by atoms with Crippen LogP contribution in [0.15, 0.2) is 24.3 Å². The van der Waals surface area contributed by atoms with Gasteiger partial charge in [0.2, 0.25) is 0 Å². The lowest BCUT2D eigenvalue weighted by molar-refractivity contribution is 0.399. The maximum absolute atomic E-state index is 5.76. The summed E-state index contributed by atoms with van der Waals surface area (Å²) >= 11 is 2.05. The van der Waals surface area contributed by atoms with Gasteiger partial charge in [-0.1, -0.05) is 30.7 Å². The fraction of sp³-hybridized carbons (Fsp3) is 0.600. The number of hydrogen-bond acceptors (Lipinski definition) is 3. The minimum Gasteiger partial charge on any atom is -0.271 e. The van der Waals surface area contributed by atoms with E-state index in [2.05, 4.69) is 29.7 Å². The van der Waals surface area contributed by atoms with Gasteiger partial charge in [-0.25, -0.2) is 0 Å². The predicted molar refractivity (Wildman–Crippen MR) is 78.5 cm³/mol. The molecule has 2 unspecified atom stereocenters. The number of nitrogens with one attached hydrogen (secondary N) is 1. The molecule has 18 heavy (non-hydrogen) atoms.